The van der Waals surface area contributed by atoms with Gasteiger partial charge in [0, 0.05) is 29.2 Å². The van der Waals surface area contributed by atoms with E-state index in [0.29, 0.717) is 4.47 Å². The van der Waals surface area contributed by atoms with Crippen molar-refractivity contribution in [3.63, 3.8) is 0 Å². The molecule has 1 heterocycles. The Morgan fingerprint density at radius 2 is 1.89 bits per heavy atom. The van der Waals surface area contributed by atoms with Crippen LogP contribution in [0.2, 0.25) is 0 Å². The van der Waals surface area contributed by atoms with Gasteiger partial charge in [0.15, 0.2) is 0 Å². The number of hydrogen-bond acceptors (Lipinski definition) is 2. The van der Waals surface area contributed by atoms with Crippen LogP contribution in [0.5, 0.6) is 5.75 Å². The summed E-state index contributed by atoms with van der Waals surface area (Å²) in [5, 5.41) is 0. The smallest absolute Gasteiger partial charge is 0.406 e. The first-order chi connectivity index (χ1) is 8.65. The Bertz CT molecular complexity index is 477. The second-order valence-electron chi connectivity index (χ2n) is 4.22. The number of alkyl halides is 5. The van der Waals surface area contributed by atoms with E-state index in [1.165, 1.54) is 11.0 Å². The Balaban J connectivity index is 2.22. The van der Waals surface area contributed by atoms with Crippen molar-refractivity contribution in [1.82, 2.24) is 0 Å². The third-order valence-electron chi connectivity index (χ3n) is 2.62. The molecule has 1 aromatic rings. The molecule has 106 valence electrons. The van der Waals surface area contributed by atoms with E-state index in [2.05, 4.69) is 20.7 Å². The minimum atomic E-state index is -4.81. The van der Waals surface area contributed by atoms with Crippen molar-refractivity contribution in [2.24, 2.45) is 0 Å². The van der Waals surface area contributed by atoms with E-state index in [-0.39, 0.29) is 18.7 Å². The Kier molecular flexibility index (Phi) is 3.63. The zero-order valence-electron chi connectivity index (χ0n) is 9.48. The largest absolute Gasteiger partial charge is 0.573 e. The van der Waals surface area contributed by atoms with Gasteiger partial charge in [-0.2, -0.15) is 0 Å². The van der Waals surface area contributed by atoms with Gasteiger partial charge in [0.2, 0.25) is 0 Å². The maximum absolute atomic E-state index is 13.1. The van der Waals surface area contributed by atoms with Crippen LogP contribution in [-0.2, 0) is 0 Å². The molecule has 0 aliphatic carbocycles. The molecule has 0 amide bonds. The maximum Gasteiger partial charge on any atom is 0.573 e. The molecule has 2 nitrogen and oxygen atoms in total. The highest BCUT2D eigenvalue weighted by Crippen LogP contribution is 2.35. The predicted molar refractivity (Wildman–Crippen MR) is 62.6 cm³/mol. The van der Waals surface area contributed by atoms with E-state index in [0.717, 1.165) is 12.1 Å². The van der Waals surface area contributed by atoms with Crippen LogP contribution in [0.3, 0.4) is 0 Å². The van der Waals surface area contributed by atoms with Gasteiger partial charge in [-0.3, -0.25) is 0 Å². The predicted octanol–water partition coefficient (Wildman–Crippen LogP) is 4.19. The van der Waals surface area contributed by atoms with E-state index in [1.807, 2.05) is 0 Å². The lowest BCUT2D eigenvalue weighted by atomic mass is 10.3. The third kappa shape index (κ3) is 3.95. The minimum absolute atomic E-state index is 0.0922. The Morgan fingerprint density at radius 3 is 2.42 bits per heavy atom. The number of halogens is 6. The van der Waals surface area contributed by atoms with E-state index in [9.17, 15) is 22.0 Å². The van der Waals surface area contributed by atoms with Gasteiger partial charge in [0.1, 0.15) is 5.75 Å². The number of hydrogen-bond donors (Lipinski definition) is 0. The molecule has 1 aliphatic heterocycles. The molecular weight excluding hydrogens is 337 g/mol. The van der Waals surface area contributed by atoms with Crippen molar-refractivity contribution in [3.8, 4) is 5.75 Å². The lowest BCUT2D eigenvalue weighted by Gasteiger charge is -2.20. The van der Waals surface area contributed by atoms with Crippen molar-refractivity contribution >= 4 is 21.6 Å². The van der Waals surface area contributed by atoms with Crippen molar-refractivity contribution < 1.29 is 26.7 Å². The topological polar surface area (TPSA) is 12.5 Å². The number of anilines is 1. The first kappa shape index (κ1) is 14.4. The van der Waals surface area contributed by atoms with Crippen molar-refractivity contribution in [2.45, 2.75) is 18.7 Å². The van der Waals surface area contributed by atoms with Crippen LogP contribution >= 0.6 is 15.9 Å². The van der Waals surface area contributed by atoms with E-state index < -0.39 is 24.6 Å². The highest BCUT2D eigenvalue weighted by Gasteiger charge is 2.38. The fraction of sp³-hybridized carbons (Fsp3) is 0.455. The highest BCUT2D eigenvalue weighted by molar-refractivity contribution is 9.10. The van der Waals surface area contributed by atoms with Gasteiger partial charge in [0.05, 0.1) is 6.54 Å². The molecule has 0 spiro atoms. The fourth-order valence-electron chi connectivity index (χ4n) is 1.88. The fourth-order valence-corrected chi connectivity index (χ4v) is 2.34. The van der Waals surface area contributed by atoms with E-state index in [1.54, 1.807) is 0 Å². The molecule has 8 heteroatoms. The van der Waals surface area contributed by atoms with Crippen LogP contribution in [0, 0.1) is 0 Å². The lowest BCUT2D eigenvalue weighted by molar-refractivity contribution is -0.274. The molecule has 0 aromatic heterocycles. The highest BCUT2D eigenvalue weighted by atomic mass is 79.9. The van der Waals surface area contributed by atoms with Gasteiger partial charge in [-0.05, 0) is 12.1 Å². The molecule has 0 atom stereocenters. The van der Waals surface area contributed by atoms with Crippen molar-refractivity contribution in [3.05, 3.63) is 22.7 Å². The first-order valence-electron chi connectivity index (χ1n) is 5.34. The first-order valence-corrected chi connectivity index (χ1v) is 6.13. The van der Waals surface area contributed by atoms with Crippen LogP contribution in [0.15, 0.2) is 22.7 Å². The van der Waals surface area contributed by atoms with Gasteiger partial charge >= 0.3 is 6.36 Å². The van der Waals surface area contributed by atoms with Gasteiger partial charge < -0.3 is 9.64 Å². The summed E-state index contributed by atoms with van der Waals surface area (Å²) in [6.45, 7) is -0.413. The summed E-state index contributed by atoms with van der Waals surface area (Å²) in [4.78, 5) is 1.33. The van der Waals surface area contributed by atoms with Crippen LogP contribution < -0.4 is 9.64 Å². The number of rotatable bonds is 2. The second-order valence-corrected chi connectivity index (χ2v) is 5.14. The average molecular weight is 346 g/mol. The number of ether oxygens (including phenoxy) is 1. The van der Waals surface area contributed by atoms with E-state index in [4.69, 9.17) is 0 Å². The minimum Gasteiger partial charge on any atom is -0.406 e. The quantitative estimate of drug-likeness (QED) is 0.745. The number of nitrogens with zero attached hydrogens (tertiary/aromatic N) is 1. The SMILES string of the molecule is FC1(F)CCN(c2cc(Br)cc(OC(F)(F)F)c2)C1. The van der Waals surface area contributed by atoms with Crippen molar-refractivity contribution in [2.75, 3.05) is 18.0 Å². The molecule has 1 fully saturated rings. The number of benzene rings is 1. The monoisotopic (exact) mass is 345 g/mol. The Labute approximate surface area is 114 Å². The van der Waals surface area contributed by atoms with Crippen molar-refractivity contribution in [1.29, 1.82) is 0 Å². The molecule has 0 saturated carbocycles. The summed E-state index contributed by atoms with van der Waals surface area (Å²) in [6, 6.07) is 3.70. The average Bonchev–Trinajstić information content (AvgIpc) is 2.55. The zero-order chi connectivity index (χ0) is 14.3. The van der Waals surface area contributed by atoms with Crippen LogP contribution in [-0.4, -0.2) is 25.4 Å². The van der Waals surface area contributed by atoms with Gasteiger partial charge in [-0.25, -0.2) is 8.78 Å². The maximum atomic E-state index is 13.1. The summed E-state index contributed by atoms with van der Waals surface area (Å²) in [5.41, 5.74) is 0.269. The Morgan fingerprint density at radius 1 is 1.21 bits per heavy atom. The molecular formula is C11H9BrF5NO. The molecule has 0 bridgehead atoms. The molecule has 1 saturated heterocycles. The molecule has 1 aliphatic rings. The summed E-state index contributed by atoms with van der Waals surface area (Å²) >= 11 is 3.03. The summed E-state index contributed by atoms with van der Waals surface area (Å²) in [5.74, 6) is -3.25. The zero-order valence-corrected chi connectivity index (χ0v) is 11.1. The summed E-state index contributed by atoms with van der Waals surface area (Å²) in [6.07, 6.45) is -5.12. The van der Waals surface area contributed by atoms with Crippen LogP contribution in [0.4, 0.5) is 27.6 Å². The third-order valence-corrected chi connectivity index (χ3v) is 3.08. The molecule has 0 N–H and O–H groups in total. The molecule has 0 radical (unpaired) electrons. The lowest BCUT2D eigenvalue weighted by Crippen LogP contribution is -2.25. The second kappa shape index (κ2) is 4.81. The van der Waals surface area contributed by atoms with Crippen LogP contribution in [0.25, 0.3) is 0 Å². The molecule has 2 rings (SSSR count). The summed E-state index contributed by atoms with van der Waals surface area (Å²) < 4.78 is 66.7. The molecule has 1 aromatic carbocycles. The van der Waals surface area contributed by atoms with Gasteiger partial charge in [0.25, 0.3) is 5.92 Å². The molecule has 19 heavy (non-hydrogen) atoms. The standard InChI is InChI=1S/C11H9BrF5NO/c12-7-3-8(18-2-1-10(13,14)6-18)5-9(4-7)19-11(15,16)17/h3-5H,1-2,6H2. The normalized spacial score (nSPS) is 18.7. The molecule has 0 unspecified atom stereocenters. The van der Waals surface area contributed by atoms with Crippen LogP contribution in [0.1, 0.15) is 6.42 Å². The van der Waals surface area contributed by atoms with E-state index >= 15 is 0 Å². The summed E-state index contributed by atoms with van der Waals surface area (Å²) in [7, 11) is 0. The van der Waals surface area contributed by atoms with Gasteiger partial charge in [-0.15, -0.1) is 13.2 Å². The van der Waals surface area contributed by atoms with Gasteiger partial charge in [-0.1, -0.05) is 15.9 Å². The Hall–Kier alpha value is -1.05.